The third-order valence-corrected chi connectivity index (χ3v) is 6.91. The lowest BCUT2D eigenvalue weighted by molar-refractivity contribution is -0.153. The van der Waals surface area contributed by atoms with E-state index in [1.54, 1.807) is 18.2 Å². The number of benzene rings is 2. The van der Waals surface area contributed by atoms with Gasteiger partial charge in [-0.3, -0.25) is 9.59 Å². The van der Waals surface area contributed by atoms with Crippen molar-refractivity contribution in [1.29, 1.82) is 0 Å². The molecule has 1 N–H and O–H groups in total. The number of carbonyl (C=O) groups excluding carboxylic acids is 2. The number of hydrogen-bond donors (Lipinski definition) is 1. The first-order chi connectivity index (χ1) is 15.4. The Morgan fingerprint density at radius 2 is 1.78 bits per heavy atom. The van der Waals surface area contributed by atoms with Crippen molar-refractivity contribution >= 4 is 39.4 Å². The van der Waals surface area contributed by atoms with Crippen molar-refractivity contribution in [3.8, 4) is 0 Å². The van der Waals surface area contributed by atoms with Gasteiger partial charge in [0.05, 0.1) is 17.2 Å². The van der Waals surface area contributed by atoms with Crippen LogP contribution in [0.5, 0.6) is 0 Å². The van der Waals surface area contributed by atoms with Crippen molar-refractivity contribution in [2.24, 2.45) is 5.10 Å². The fourth-order valence-electron chi connectivity index (χ4n) is 3.09. The second-order valence-electron chi connectivity index (χ2n) is 7.06. The zero-order valence-corrected chi connectivity index (χ0v) is 19.3. The number of ether oxygens (including phenoxy) is 1. The molecule has 2 aromatic carbocycles. The zero-order chi connectivity index (χ0) is 23.0. The van der Waals surface area contributed by atoms with Crippen LogP contribution >= 0.6 is 11.8 Å². The van der Waals surface area contributed by atoms with Crippen LogP contribution < -0.4 is 4.72 Å². The van der Waals surface area contributed by atoms with Crippen molar-refractivity contribution in [1.82, 2.24) is 9.73 Å². The van der Waals surface area contributed by atoms with Gasteiger partial charge in [-0.2, -0.15) is 21.6 Å². The molecule has 1 atom stereocenters. The average Bonchev–Trinajstić information content (AvgIpc) is 3.31. The van der Waals surface area contributed by atoms with Gasteiger partial charge in [0.25, 0.3) is 5.91 Å². The molecule has 170 valence electrons. The molecule has 1 aliphatic rings. The summed E-state index contributed by atoms with van der Waals surface area (Å²) in [4.78, 5) is 25.1. The largest absolute Gasteiger partial charge is 0.454 e. The zero-order valence-electron chi connectivity index (χ0n) is 17.6. The van der Waals surface area contributed by atoms with Gasteiger partial charge < -0.3 is 4.74 Å². The van der Waals surface area contributed by atoms with Crippen LogP contribution in [0.4, 0.5) is 0 Å². The van der Waals surface area contributed by atoms with Gasteiger partial charge in [0, 0.05) is 6.42 Å². The van der Waals surface area contributed by atoms with E-state index >= 15 is 0 Å². The number of nitrogens with zero attached hydrogens (tertiary/aromatic N) is 2. The number of carbonyl (C=O) groups is 2. The Kier molecular flexibility index (Phi) is 8.43. The van der Waals surface area contributed by atoms with E-state index in [2.05, 4.69) is 9.82 Å². The van der Waals surface area contributed by atoms with E-state index in [0.29, 0.717) is 18.7 Å². The molecule has 1 amide bonds. The normalized spacial score (nSPS) is 14.7. The summed E-state index contributed by atoms with van der Waals surface area (Å²) in [5, 5.41) is 5.60. The van der Waals surface area contributed by atoms with Gasteiger partial charge in [-0.25, -0.2) is 13.4 Å². The number of rotatable bonds is 10. The highest BCUT2D eigenvalue weighted by Gasteiger charge is 2.28. The van der Waals surface area contributed by atoms with Gasteiger partial charge in [-0.15, -0.1) is 0 Å². The lowest BCUT2D eigenvalue weighted by Crippen LogP contribution is -2.43. The average molecular weight is 476 g/mol. The second kappa shape index (κ2) is 11.3. The molecule has 0 bridgehead atoms. The first kappa shape index (κ1) is 24.0. The van der Waals surface area contributed by atoms with E-state index in [9.17, 15) is 18.0 Å². The van der Waals surface area contributed by atoms with Crippen molar-refractivity contribution in [3.05, 3.63) is 66.2 Å². The van der Waals surface area contributed by atoms with E-state index in [1.165, 1.54) is 28.9 Å². The molecule has 0 fully saturated rings. The molecule has 0 aliphatic carbocycles. The van der Waals surface area contributed by atoms with Gasteiger partial charge in [-0.1, -0.05) is 48.5 Å². The summed E-state index contributed by atoms with van der Waals surface area (Å²) in [6.45, 7) is -0.107. The molecule has 0 unspecified atom stereocenters. The standard InChI is InChI=1S/C22H25N3O5S2/c1-31-15-13-20(24-32(28,29)18-10-6-3-7-11-18)22(27)30-16-21(26)25-14-12-19(23-25)17-8-4-2-5-9-17/h2-11,20,24H,12-16H2,1H3/t20-/m1/s1. The lowest BCUT2D eigenvalue weighted by Gasteiger charge is -2.18. The Morgan fingerprint density at radius 1 is 1.12 bits per heavy atom. The Labute approximate surface area is 192 Å². The van der Waals surface area contributed by atoms with Crippen LogP contribution in [0.1, 0.15) is 18.4 Å². The SMILES string of the molecule is CSCC[C@@H](NS(=O)(=O)c1ccccc1)C(=O)OCC(=O)N1CCC(c2ccccc2)=N1. The topological polar surface area (TPSA) is 105 Å². The maximum Gasteiger partial charge on any atom is 0.324 e. The molecule has 0 aromatic heterocycles. The van der Waals surface area contributed by atoms with Gasteiger partial charge in [0.1, 0.15) is 6.04 Å². The van der Waals surface area contributed by atoms with Crippen LogP contribution in [-0.4, -0.2) is 62.2 Å². The molecule has 0 saturated carbocycles. The molecule has 1 aliphatic heterocycles. The van der Waals surface area contributed by atoms with Crippen molar-refractivity contribution in [2.75, 3.05) is 25.2 Å². The number of sulfonamides is 1. The maximum absolute atomic E-state index is 12.6. The Morgan fingerprint density at radius 3 is 2.44 bits per heavy atom. The number of thioether (sulfide) groups is 1. The summed E-state index contributed by atoms with van der Waals surface area (Å²) in [7, 11) is -3.90. The number of amides is 1. The molecule has 0 saturated heterocycles. The minimum Gasteiger partial charge on any atom is -0.454 e. The van der Waals surface area contributed by atoms with Gasteiger partial charge in [-0.05, 0) is 36.1 Å². The maximum atomic E-state index is 12.6. The fourth-order valence-corrected chi connectivity index (χ4v) is 4.81. The first-order valence-electron chi connectivity index (χ1n) is 10.1. The molecule has 2 aromatic rings. The third-order valence-electron chi connectivity index (χ3n) is 4.78. The monoisotopic (exact) mass is 475 g/mol. The highest BCUT2D eigenvalue weighted by molar-refractivity contribution is 7.98. The van der Waals surface area contributed by atoms with E-state index in [-0.39, 0.29) is 11.3 Å². The van der Waals surface area contributed by atoms with Crippen LogP contribution in [0.25, 0.3) is 0 Å². The molecule has 8 nitrogen and oxygen atoms in total. The molecule has 3 rings (SSSR count). The molecule has 1 heterocycles. The fraction of sp³-hybridized carbons (Fsp3) is 0.318. The first-order valence-corrected chi connectivity index (χ1v) is 12.9. The molecule has 0 spiro atoms. The molecular formula is C22H25N3O5S2. The Hall–Kier alpha value is -2.69. The summed E-state index contributed by atoms with van der Waals surface area (Å²) in [5.74, 6) is -0.709. The quantitative estimate of drug-likeness (QED) is 0.529. The smallest absolute Gasteiger partial charge is 0.324 e. The van der Waals surface area contributed by atoms with Crippen molar-refractivity contribution in [3.63, 3.8) is 0 Å². The van der Waals surface area contributed by atoms with Gasteiger partial charge in [0.2, 0.25) is 10.0 Å². The summed E-state index contributed by atoms with van der Waals surface area (Å²) in [5.41, 5.74) is 1.73. The Balaban J connectivity index is 1.60. The van der Waals surface area contributed by atoms with Gasteiger partial charge >= 0.3 is 5.97 Å². The summed E-state index contributed by atoms with van der Waals surface area (Å²) in [6.07, 6.45) is 2.70. The predicted molar refractivity (Wildman–Crippen MR) is 124 cm³/mol. The van der Waals surface area contributed by atoms with E-state index in [0.717, 1.165) is 11.3 Å². The summed E-state index contributed by atoms with van der Waals surface area (Å²) in [6, 6.07) is 16.2. The summed E-state index contributed by atoms with van der Waals surface area (Å²) < 4.78 is 32.8. The van der Waals surface area contributed by atoms with Crippen LogP contribution in [0.15, 0.2) is 70.7 Å². The van der Waals surface area contributed by atoms with E-state index in [1.807, 2.05) is 36.6 Å². The summed E-state index contributed by atoms with van der Waals surface area (Å²) >= 11 is 1.48. The highest BCUT2D eigenvalue weighted by atomic mass is 32.2. The Bertz CT molecular complexity index is 1060. The van der Waals surface area contributed by atoms with E-state index < -0.39 is 34.5 Å². The molecule has 32 heavy (non-hydrogen) atoms. The van der Waals surface area contributed by atoms with Crippen molar-refractivity contribution < 1.29 is 22.7 Å². The molecule has 10 heteroatoms. The van der Waals surface area contributed by atoms with Crippen LogP contribution in [0, 0.1) is 0 Å². The third kappa shape index (κ3) is 6.41. The number of hydrogen-bond acceptors (Lipinski definition) is 7. The van der Waals surface area contributed by atoms with Crippen LogP contribution in [0.2, 0.25) is 0 Å². The van der Waals surface area contributed by atoms with Crippen molar-refractivity contribution in [2.45, 2.75) is 23.8 Å². The highest BCUT2D eigenvalue weighted by Crippen LogP contribution is 2.15. The van der Waals surface area contributed by atoms with Crippen LogP contribution in [-0.2, 0) is 24.3 Å². The second-order valence-corrected chi connectivity index (χ2v) is 9.76. The molecule has 0 radical (unpaired) electrons. The molecular weight excluding hydrogens is 450 g/mol. The minimum atomic E-state index is -3.90. The van der Waals surface area contributed by atoms with E-state index in [4.69, 9.17) is 4.74 Å². The predicted octanol–water partition coefficient (Wildman–Crippen LogP) is 2.27. The van der Waals surface area contributed by atoms with Gasteiger partial charge in [0.15, 0.2) is 6.61 Å². The number of esters is 1. The lowest BCUT2D eigenvalue weighted by atomic mass is 10.1. The number of hydrazone groups is 1. The number of nitrogens with one attached hydrogen (secondary N) is 1. The van der Waals surface area contributed by atoms with Crippen LogP contribution in [0.3, 0.4) is 0 Å². The minimum absolute atomic E-state index is 0.0536.